The molecule has 0 bridgehead atoms. The normalized spacial score (nSPS) is 25.3. The molecule has 2 unspecified atom stereocenters. The van der Waals surface area contributed by atoms with Crippen molar-refractivity contribution in [3.63, 3.8) is 0 Å². The van der Waals surface area contributed by atoms with Crippen LogP contribution in [0, 0.1) is 11.6 Å². The molecule has 5 heteroatoms. The highest BCUT2D eigenvalue weighted by Crippen LogP contribution is 2.29. The van der Waals surface area contributed by atoms with E-state index < -0.39 is 17.2 Å². The largest absolute Gasteiger partial charge is 0.374 e. The minimum atomic E-state index is -0.831. The van der Waals surface area contributed by atoms with Gasteiger partial charge in [0.15, 0.2) is 11.6 Å². The molecular weight excluding hydrogens is 250 g/mol. The van der Waals surface area contributed by atoms with Gasteiger partial charge in [-0.15, -0.1) is 0 Å². The average molecular weight is 270 g/mol. The second kappa shape index (κ2) is 5.94. The summed E-state index contributed by atoms with van der Waals surface area (Å²) in [7, 11) is 0. The lowest BCUT2D eigenvalue weighted by Crippen LogP contribution is -2.55. The maximum absolute atomic E-state index is 13.7. The Morgan fingerprint density at radius 2 is 2.21 bits per heavy atom. The number of nitrogens with one attached hydrogen (secondary N) is 1. The minimum Gasteiger partial charge on any atom is -0.374 e. The van der Waals surface area contributed by atoms with Crippen molar-refractivity contribution in [1.82, 2.24) is 5.43 Å². The number of hydrogen-bond donors (Lipinski definition) is 2. The van der Waals surface area contributed by atoms with E-state index in [0.717, 1.165) is 25.3 Å². The third kappa shape index (κ3) is 3.11. The van der Waals surface area contributed by atoms with Crippen molar-refractivity contribution in [2.24, 2.45) is 5.84 Å². The van der Waals surface area contributed by atoms with Gasteiger partial charge in [0.05, 0.1) is 11.6 Å². The van der Waals surface area contributed by atoms with Crippen LogP contribution >= 0.6 is 0 Å². The molecule has 0 amide bonds. The van der Waals surface area contributed by atoms with Gasteiger partial charge in [-0.05, 0) is 44.2 Å². The van der Waals surface area contributed by atoms with E-state index in [-0.39, 0.29) is 6.04 Å². The Kier molecular flexibility index (Phi) is 4.50. The molecule has 0 aromatic heterocycles. The van der Waals surface area contributed by atoms with Gasteiger partial charge in [-0.2, -0.15) is 0 Å². The lowest BCUT2D eigenvalue weighted by molar-refractivity contribution is -0.0885. The second-order valence-electron chi connectivity index (χ2n) is 5.25. The van der Waals surface area contributed by atoms with Crippen LogP contribution in [0.25, 0.3) is 0 Å². The molecule has 0 radical (unpaired) electrons. The van der Waals surface area contributed by atoms with Gasteiger partial charge in [0.1, 0.15) is 0 Å². The number of hydrogen-bond acceptors (Lipinski definition) is 3. The fraction of sp³-hybridized carbons (Fsp3) is 0.571. The molecule has 1 saturated heterocycles. The van der Waals surface area contributed by atoms with Crippen LogP contribution in [0.4, 0.5) is 8.78 Å². The molecule has 1 aliphatic heterocycles. The summed E-state index contributed by atoms with van der Waals surface area (Å²) in [5.41, 5.74) is 2.57. The van der Waals surface area contributed by atoms with Gasteiger partial charge in [-0.1, -0.05) is 12.1 Å². The third-order valence-electron chi connectivity index (χ3n) is 3.89. The topological polar surface area (TPSA) is 47.3 Å². The van der Waals surface area contributed by atoms with E-state index in [1.807, 2.05) is 6.92 Å². The molecule has 0 aliphatic carbocycles. The van der Waals surface area contributed by atoms with E-state index >= 15 is 0 Å². The van der Waals surface area contributed by atoms with Crippen LogP contribution in [0.1, 0.15) is 31.7 Å². The summed E-state index contributed by atoms with van der Waals surface area (Å²) in [6.07, 6.45) is 3.25. The quantitative estimate of drug-likeness (QED) is 0.652. The van der Waals surface area contributed by atoms with Crippen LogP contribution in [-0.2, 0) is 11.2 Å². The predicted molar refractivity (Wildman–Crippen MR) is 69.4 cm³/mol. The molecule has 2 atom stereocenters. The van der Waals surface area contributed by atoms with E-state index in [1.165, 1.54) is 6.07 Å². The lowest BCUT2D eigenvalue weighted by Gasteiger charge is -2.40. The number of hydrazine groups is 1. The first-order valence-corrected chi connectivity index (χ1v) is 6.60. The van der Waals surface area contributed by atoms with Gasteiger partial charge < -0.3 is 4.74 Å². The summed E-state index contributed by atoms with van der Waals surface area (Å²) in [6.45, 7) is 2.65. The first-order chi connectivity index (χ1) is 9.07. The highest BCUT2D eigenvalue weighted by Gasteiger charge is 2.36. The van der Waals surface area contributed by atoms with E-state index in [9.17, 15) is 8.78 Å². The molecule has 1 aromatic rings. The van der Waals surface area contributed by atoms with Crippen molar-refractivity contribution in [3.8, 4) is 0 Å². The summed E-state index contributed by atoms with van der Waals surface area (Å²) in [4.78, 5) is 0. The maximum atomic E-state index is 13.7. The Hall–Kier alpha value is -1.04. The summed E-state index contributed by atoms with van der Waals surface area (Å²) < 4.78 is 32.7. The smallest absolute Gasteiger partial charge is 0.162 e. The zero-order chi connectivity index (χ0) is 13.9. The van der Waals surface area contributed by atoms with E-state index in [0.29, 0.717) is 18.6 Å². The molecular formula is C14H20F2N2O. The van der Waals surface area contributed by atoms with Gasteiger partial charge >= 0.3 is 0 Å². The number of ether oxygens (including phenoxy) is 1. The van der Waals surface area contributed by atoms with Crippen LogP contribution in [0.5, 0.6) is 0 Å². The Morgan fingerprint density at radius 1 is 1.42 bits per heavy atom. The van der Waals surface area contributed by atoms with Crippen LogP contribution in [0.2, 0.25) is 0 Å². The molecule has 2 rings (SSSR count). The summed E-state index contributed by atoms with van der Waals surface area (Å²) in [5.74, 6) is 3.94. The van der Waals surface area contributed by atoms with Crippen LogP contribution in [0.3, 0.4) is 0 Å². The van der Waals surface area contributed by atoms with E-state index in [2.05, 4.69) is 5.43 Å². The van der Waals surface area contributed by atoms with Gasteiger partial charge in [-0.3, -0.25) is 11.3 Å². The molecule has 1 aliphatic rings. The van der Waals surface area contributed by atoms with Crippen LogP contribution in [0.15, 0.2) is 18.2 Å². The molecule has 1 heterocycles. The van der Waals surface area contributed by atoms with Crippen molar-refractivity contribution in [1.29, 1.82) is 0 Å². The average Bonchev–Trinajstić information content (AvgIpc) is 2.41. The van der Waals surface area contributed by atoms with E-state index in [1.54, 1.807) is 6.07 Å². The number of benzene rings is 1. The molecule has 1 fully saturated rings. The zero-order valence-electron chi connectivity index (χ0n) is 11.1. The van der Waals surface area contributed by atoms with E-state index in [4.69, 9.17) is 10.6 Å². The van der Waals surface area contributed by atoms with Crippen LogP contribution in [-0.4, -0.2) is 18.2 Å². The third-order valence-corrected chi connectivity index (χ3v) is 3.89. The molecule has 3 nitrogen and oxygen atoms in total. The summed E-state index contributed by atoms with van der Waals surface area (Å²) in [6, 6.07) is 3.95. The van der Waals surface area contributed by atoms with Crippen molar-refractivity contribution < 1.29 is 13.5 Å². The number of halogens is 2. The molecule has 0 spiro atoms. The van der Waals surface area contributed by atoms with Gasteiger partial charge in [0.25, 0.3) is 0 Å². The number of rotatable bonds is 4. The fourth-order valence-electron chi connectivity index (χ4n) is 2.61. The first kappa shape index (κ1) is 14.4. The van der Waals surface area contributed by atoms with Gasteiger partial charge in [0, 0.05) is 6.61 Å². The van der Waals surface area contributed by atoms with Crippen molar-refractivity contribution in [2.45, 2.75) is 44.2 Å². The highest BCUT2D eigenvalue weighted by atomic mass is 19.2. The fourth-order valence-corrected chi connectivity index (χ4v) is 2.61. The number of nitrogens with two attached hydrogens (primary N) is 1. The van der Waals surface area contributed by atoms with Crippen molar-refractivity contribution in [3.05, 3.63) is 35.4 Å². The lowest BCUT2D eigenvalue weighted by atomic mass is 9.85. The summed E-state index contributed by atoms with van der Waals surface area (Å²) >= 11 is 0. The van der Waals surface area contributed by atoms with Crippen molar-refractivity contribution in [2.75, 3.05) is 6.61 Å². The molecule has 1 aromatic carbocycles. The first-order valence-electron chi connectivity index (χ1n) is 6.60. The monoisotopic (exact) mass is 270 g/mol. The van der Waals surface area contributed by atoms with Gasteiger partial charge in [-0.25, -0.2) is 8.78 Å². The Bertz CT molecular complexity index is 433. The highest BCUT2D eigenvalue weighted by molar-refractivity contribution is 5.21. The maximum Gasteiger partial charge on any atom is 0.162 e. The predicted octanol–water partition coefficient (Wildman–Crippen LogP) is 2.30. The molecule has 19 heavy (non-hydrogen) atoms. The molecule has 3 N–H and O–H groups in total. The SMILES string of the molecule is CC1(C(Cc2cccc(F)c2F)NN)CCCCO1. The Labute approximate surface area is 112 Å². The molecule has 0 saturated carbocycles. The standard InChI is InChI=1S/C14H20F2N2O/c1-14(7-2-3-8-19-14)12(18-17)9-10-5-4-6-11(15)13(10)16/h4-6,12,18H,2-3,7-9,17H2,1H3. The minimum absolute atomic E-state index is 0.246. The van der Waals surface area contributed by atoms with Crippen molar-refractivity contribution >= 4 is 0 Å². The van der Waals surface area contributed by atoms with Gasteiger partial charge in [0.2, 0.25) is 0 Å². The van der Waals surface area contributed by atoms with Crippen LogP contribution < -0.4 is 11.3 Å². The Morgan fingerprint density at radius 3 is 2.84 bits per heavy atom. The zero-order valence-corrected chi connectivity index (χ0v) is 11.1. The molecule has 106 valence electrons. The second-order valence-corrected chi connectivity index (χ2v) is 5.25. The summed E-state index contributed by atoms with van der Waals surface area (Å²) in [5, 5.41) is 0. The Balaban J connectivity index is 2.16.